The van der Waals surface area contributed by atoms with Gasteiger partial charge in [-0.3, -0.25) is 0 Å². The average molecular weight is 1170 g/mol. The van der Waals surface area contributed by atoms with Crippen LogP contribution in [-0.2, 0) is 82.3 Å². The summed E-state index contributed by atoms with van der Waals surface area (Å²) >= 11 is 0.149. The van der Waals surface area contributed by atoms with Gasteiger partial charge in [0, 0.05) is 6.42 Å². The molecule has 2 heterocycles. The summed E-state index contributed by atoms with van der Waals surface area (Å²) in [4.78, 5) is 0. The quantitative estimate of drug-likeness (QED) is 0.0319. The van der Waals surface area contributed by atoms with Gasteiger partial charge in [-0.05, 0) is 47.2 Å². The van der Waals surface area contributed by atoms with Crippen LogP contribution in [0.2, 0.25) is 8.87 Å². The Morgan fingerprint density at radius 3 is 1.33 bits per heavy atom. The van der Waals surface area contributed by atoms with Gasteiger partial charge in [0.05, 0.1) is 65.1 Å². The molecule has 10 atom stereocenters. The van der Waals surface area contributed by atoms with Crippen LogP contribution in [0.3, 0.4) is 0 Å². The normalized spacial score (nSPS) is 21.5. The van der Waals surface area contributed by atoms with E-state index in [-0.39, 0.29) is 73.8 Å². The third-order valence-corrected chi connectivity index (χ3v) is 17.9. The van der Waals surface area contributed by atoms with Crippen molar-refractivity contribution in [2.45, 2.75) is 175 Å². The van der Waals surface area contributed by atoms with E-state index >= 15 is 0 Å². The second-order valence-electron chi connectivity index (χ2n) is 20.6. The molecular formula is C66H84O11Sn. The second kappa shape index (κ2) is 34.1. The number of benzene rings is 6. The van der Waals surface area contributed by atoms with E-state index in [9.17, 15) is 10.2 Å². The predicted molar refractivity (Wildman–Crippen MR) is 307 cm³/mol. The fraction of sp³-hybridized carbons (Fsp3) is 0.455. The summed E-state index contributed by atoms with van der Waals surface area (Å²) in [6.45, 7) is 10.0. The van der Waals surface area contributed by atoms with Gasteiger partial charge in [0.1, 0.15) is 48.8 Å². The van der Waals surface area contributed by atoms with E-state index in [0.29, 0.717) is 6.61 Å². The molecule has 0 unspecified atom stereocenters. The maximum absolute atomic E-state index is 12.6. The summed E-state index contributed by atoms with van der Waals surface area (Å²) in [7, 11) is 0. The second-order valence-corrected chi connectivity index (χ2v) is 24.9. The first-order chi connectivity index (χ1) is 38.2. The first-order valence-electron chi connectivity index (χ1n) is 28.1. The molecule has 2 aliphatic rings. The van der Waals surface area contributed by atoms with E-state index in [1.807, 2.05) is 196 Å². The summed E-state index contributed by atoms with van der Waals surface area (Å²) in [5.74, 6) is -0.905. The van der Waals surface area contributed by atoms with Crippen molar-refractivity contribution >= 4 is 21.1 Å². The van der Waals surface area contributed by atoms with Crippen molar-refractivity contribution in [1.82, 2.24) is 0 Å². The van der Waals surface area contributed by atoms with E-state index in [1.54, 1.807) is 8.87 Å². The monoisotopic (exact) mass is 1170 g/mol. The molecule has 2 fully saturated rings. The first-order valence-corrected chi connectivity index (χ1v) is 32.2. The Kier molecular flexibility index (Phi) is 26.8. The molecule has 0 amide bonds. The molecule has 8 rings (SSSR count). The van der Waals surface area contributed by atoms with Gasteiger partial charge in [-0.2, -0.15) is 0 Å². The van der Waals surface area contributed by atoms with Crippen LogP contribution in [-0.4, -0.2) is 111 Å². The Hall–Kier alpha value is -4.32. The van der Waals surface area contributed by atoms with Crippen molar-refractivity contribution in [3.63, 3.8) is 0 Å². The van der Waals surface area contributed by atoms with Crippen LogP contribution in [0.4, 0.5) is 0 Å². The van der Waals surface area contributed by atoms with Crippen molar-refractivity contribution in [2.24, 2.45) is 0 Å². The molecule has 2 saturated heterocycles. The number of hydrogen-bond donors (Lipinski definition) is 2. The van der Waals surface area contributed by atoms with Crippen LogP contribution in [0.15, 0.2) is 182 Å². The number of hydrogen-bond acceptors (Lipinski definition) is 11. The van der Waals surface area contributed by atoms with E-state index in [0.717, 1.165) is 33.4 Å². The van der Waals surface area contributed by atoms with Crippen LogP contribution in [0.1, 0.15) is 93.2 Å². The fourth-order valence-electron chi connectivity index (χ4n) is 9.61. The van der Waals surface area contributed by atoms with Crippen LogP contribution in [0, 0.1) is 0 Å². The van der Waals surface area contributed by atoms with E-state index < -0.39 is 66.8 Å². The Bertz CT molecular complexity index is 2450. The minimum absolute atomic E-state index is 0.0729. The van der Waals surface area contributed by atoms with Crippen LogP contribution >= 0.6 is 0 Å². The first kappa shape index (κ1) is 61.3. The summed E-state index contributed by atoms with van der Waals surface area (Å²) in [6.07, 6.45) is -3.43. The summed E-state index contributed by atoms with van der Waals surface area (Å²) in [5.41, 5.74) is 5.73. The molecule has 0 spiro atoms. The van der Waals surface area contributed by atoms with Gasteiger partial charge >= 0.3 is 69.5 Å². The van der Waals surface area contributed by atoms with Gasteiger partial charge in [0.2, 0.25) is 0 Å². The van der Waals surface area contributed by atoms with Gasteiger partial charge < -0.3 is 52.8 Å². The fourth-order valence-corrected chi connectivity index (χ4v) is 13.8. The molecule has 0 bridgehead atoms. The minimum atomic E-state index is -1.50. The zero-order valence-electron chi connectivity index (χ0n) is 46.3. The maximum atomic E-state index is 12.6. The Balaban J connectivity index is 0.000000899. The van der Waals surface area contributed by atoms with Crippen molar-refractivity contribution in [2.75, 3.05) is 13.2 Å². The van der Waals surface area contributed by atoms with Crippen molar-refractivity contribution in [1.29, 1.82) is 0 Å². The SMILES string of the molecule is CC1(C)OC[C@@H]([C@@H](OCc2ccccc2)[C@H](OCc2ccccc2)[C@H](O)[C@@H](O)C[C@H]2O[C@H](COCc3ccccc3)[C@@H](OCc3ccccc3)[C@H](OCc3ccccc3)[C@H]2OCc2ccccc2)O1.CCC[CH2][Sn][CH2]CCC. The predicted octanol–water partition coefficient (Wildman–Crippen LogP) is 12.3. The molecule has 11 nitrogen and oxygen atoms in total. The van der Waals surface area contributed by atoms with Crippen LogP contribution in [0.25, 0.3) is 0 Å². The molecule has 6 aromatic carbocycles. The molecular weight excluding hydrogens is 1090 g/mol. The van der Waals surface area contributed by atoms with E-state index in [1.165, 1.54) is 25.7 Å². The molecule has 12 heteroatoms. The number of aliphatic hydroxyl groups is 2. The van der Waals surface area contributed by atoms with Gasteiger partial charge in [-0.25, -0.2) is 0 Å². The summed E-state index contributed by atoms with van der Waals surface area (Å²) in [6, 6.07) is 59.3. The molecule has 0 saturated carbocycles. The van der Waals surface area contributed by atoms with E-state index in [2.05, 4.69) is 13.8 Å². The van der Waals surface area contributed by atoms with Crippen LogP contribution in [0.5, 0.6) is 0 Å². The summed E-state index contributed by atoms with van der Waals surface area (Å²) < 4.78 is 63.3. The number of unbranched alkanes of at least 4 members (excludes halogenated alkanes) is 2. The van der Waals surface area contributed by atoms with Gasteiger partial charge in [-0.1, -0.05) is 182 Å². The van der Waals surface area contributed by atoms with E-state index in [4.69, 9.17) is 42.6 Å². The number of rotatable bonds is 31. The van der Waals surface area contributed by atoms with Crippen molar-refractivity contribution in [3.8, 4) is 0 Å². The Morgan fingerprint density at radius 2 is 0.910 bits per heavy atom. The third-order valence-electron chi connectivity index (χ3n) is 13.9. The zero-order valence-corrected chi connectivity index (χ0v) is 49.1. The van der Waals surface area contributed by atoms with Crippen LogP contribution < -0.4 is 0 Å². The van der Waals surface area contributed by atoms with Crippen molar-refractivity contribution < 1.29 is 52.8 Å². The van der Waals surface area contributed by atoms with Gasteiger partial charge in [0.15, 0.2) is 5.79 Å². The molecule has 0 aliphatic carbocycles. The third kappa shape index (κ3) is 20.7. The molecule has 78 heavy (non-hydrogen) atoms. The molecule has 2 aliphatic heterocycles. The Morgan fingerprint density at radius 1 is 0.513 bits per heavy atom. The van der Waals surface area contributed by atoms with Gasteiger partial charge in [0.25, 0.3) is 0 Å². The molecule has 418 valence electrons. The zero-order chi connectivity index (χ0) is 54.6. The standard InChI is InChI=1S/C58H66O11.2C4H9.Sn/c1-58(2)67-41-51(69-58)55(64-37-45-27-15-6-16-28-45)56(65-38-46-29-17-7-18-30-46)52(60)48(59)33-49-53(62-35-43-23-11-4-12-24-43)57(66-39-47-31-19-8-20-32-47)54(63-36-44-25-13-5-14-26-44)50(68-49)40-61-34-42-21-9-3-10-22-42;2*1-3-4-2;/h3-32,48-57,59-60H,33-41H2,1-2H3;2*1,3-4H2,2H3;/t48-,49+,50+,51-,52+,53-,54+,55+,56+,57+;;;/m0.../s1. The molecule has 2 radical (unpaired) electrons. The molecule has 2 N–H and O–H groups in total. The number of aliphatic hydroxyl groups excluding tert-OH is 2. The van der Waals surface area contributed by atoms with Crippen molar-refractivity contribution in [3.05, 3.63) is 215 Å². The number of ether oxygens (including phenoxy) is 9. The average Bonchev–Trinajstić information content (AvgIpc) is 3.91. The Labute approximate surface area is 475 Å². The molecule has 6 aromatic rings. The molecule has 0 aromatic heterocycles. The van der Waals surface area contributed by atoms with Gasteiger partial charge in [-0.15, -0.1) is 0 Å². The topological polar surface area (TPSA) is 124 Å². The summed E-state index contributed by atoms with van der Waals surface area (Å²) in [5, 5.41) is 25.2.